The normalized spacial score (nSPS) is 14.5. The topological polar surface area (TPSA) is 92.8 Å². The Bertz CT molecular complexity index is 2080. The van der Waals surface area contributed by atoms with Crippen LogP contribution in [0.25, 0.3) is 33.5 Å². The molecule has 0 saturated carbocycles. The van der Waals surface area contributed by atoms with Crippen LogP contribution in [0.15, 0.2) is 71.7 Å². The van der Waals surface area contributed by atoms with Crippen LogP contribution in [0.4, 0.5) is 16.0 Å². The molecule has 1 fully saturated rings. The lowest BCUT2D eigenvalue weighted by atomic mass is 10.1. The van der Waals surface area contributed by atoms with Crippen molar-refractivity contribution >= 4 is 39.5 Å². The molecular weight excluding hydrogens is 571 g/mol. The molecule has 1 saturated heterocycles. The molecule has 1 aliphatic heterocycles. The number of aromatic nitrogens is 5. The summed E-state index contributed by atoms with van der Waals surface area (Å²) >= 11 is 0. The summed E-state index contributed by atoms with van der Waals surface area (Å²) < 4.78 is 24.3. The number of hydrogen-bond acceptors (Lipinski definition) is 8. The summed E-state index contributed by atoms with van der Waals surface area (Å²) in [4.78, 5) is 32.8. The van der Waals surface area contributed by atoms with Crippen molar-refractivity contribution in [2.45, 2.75) is 20.3 Å². The maximum atomic E-state index is 15.0. The zero-order valence-corrected chi connectivity index (χ0v) is 25.6. The highest BCUT2D eigenvalue weighted by atomic mass is 19.1. The molecule has 3 aromatic heterocycles. The van der Waals surface area contributed by atoms with Crippen LogP contribution in [0, 0.1) is 19.7 Å². The Hall–Kier alpha value is -4.87. The van der Waals surface area contributed by atoms with Gasteiger partial charge in [-0.05, 0) is 62.7 Å². The summed E-state index contributed by atoms with van der Waals surface area (Å²) in [6, 6.07) is 18.3. The second-order valence-electron chi connectivity index (χ2n) is 11.7. The van der Waals surface area contributed by atoms with Crippen molar-refractivity contribution in [3.05, 3.63) is 94.2 Å². The number of piperazine rings is 1. The molecule has 0 bridgehead atoms. The Kier molecular flexibility index (Phi) is 7.64. The van der Waals surface area contributed by atoms with Gasteiger partial charge in [0.1, 0.15) is 5.39 Å². The fourth-order valence-electron chi connectivity index (χ4n) is 6.06. The van der Waals surface area contributed by atoms with Gasteiger partial charge >= 0.3 is 0 Å². The van der Waals surface area contributed by atoms with Gasteiger partial charge < -0.3 is 19.9 Å². The third-order valence-corrected chi connectivity index (χ3v) is 8.48. The fourth-order valence-corrected chi connectivity index (χ4v) is 6.06. The average Bonchev–Trinajstić information content (AvgIpc) is 3.42. The maximum Gasteiger partial charge on any atom is 0.270 e. The first-order valence-electron chi connectivity index (χ1n) is 15.2. The largest absolute Gasteiger partial charge is 0.490 e. The predicted molar refractivity (Wildman–Crippen MR) is 175 cm³/mol. The lowest BCUT2D eigenvalue weighted by Crippen LogP contribution is -2.44. The van der Waals surface area contributed by atoms with Crippen LogP contribution < -0.4 is 15.6 Å². The number of rotatable bonds is 8. The van der Waals surface area contributed by atoms with Crippen molar-refractivity contribution in [1.82, 2.24) is 33.7 Å². The summed E-state index contributed by atoms with van der Waals surface area (Å²) in [6.07, 6.45) is 2.34. The smallest absolute Gasteiger partial charge is 0.270 e. The number of fused-ring (bicyclic) bond motifs is 5. The number of nitrogens with zero attached hydrogens (tertiary/aromatic N) is 7. The van der Waals surface area contributed by atoms with Crippen LogP contribution in [-0.2, 0) is 0 Å². The molecule has 45 heavy (non-hydrogen) atoms. The van der Waals surface area contributed by atoms with E-state index in [1.54, 1.807) is 16.7 Å². The molecule has 10 nitrogen and oxygen atoms in total. The van der Waals surface area contributed by atoms with Crippen LogP contribution in [0.5, 0.6) is 5.75 Å². The van der Waals surface area contributed by atoms with E-state index in [-0.39, 0.29) is 17.3 Å². The molecule has 0 spiro atoms. The Morgan fingerprint density at radius 1 is 0.956 bits per heavy atom. The van der Waals surface area contributed by atoms with Gasteiger partial charge in [-0.3, -0.25) is 9.20 Å². The fraction of sp³-hybridized carbons (Fsp3) is 0.294. The first kappa shape index (κ1) is 28.9. The zero-order chi connectivity index (χ0) is 31.1. The molecule has 7 rings (SSSR count). The molecule has 230 valence electrons. The van der Waals surface area contributed by atoms with Crippen molar-refractivity contribution in [3.8, 4) is 11.4 Å². The van der Waals surface area contributed by atoms with Gasteiger partial charge in [-0.2, -0.15) is 4.98 Å². The van der Waals surface area contributed by atoms with Crippen LogP contribution in [0.1, 0.15) is 17.5 Å². The van der Waals surface area contributed by atoms with Crippen LogP contribution >= 0.6 is 0 Å². The molecular formula is C34H35FN8O2. The SMILES string of the molecule is Cc1cccc(C)c1-n1c(=O)c2cnc(Nc3ccc(OCCCN4CCN(C)CC4)c(F)c3)nc2n2c3ccccc3nc12. The highest BCUT2D eigenvalue weighted by molar-refractivity contribution is 5.88. The maximum absolute atomic E-state index is 15.0. The third kappa shape index (κ3) is 5.49. The van der Waals surface area contributed by atoms with E-state index in [0.717, 1.165) is 67.0 Å². The molecule has 1 N–H and O–H groups in total. The number of imidazole rings is 1. The number of anilines is 2. The summed E-state index contributed by atoms with van der Waals surface area (Å²) in [5.41, 5.74) is 4.84. The van der Waals surface area contributed by atoms with Crippen molar-refractivity contribution < 1.29 is 9.13 Å². The van der Waals surface area contributed by atoms with Crippen LogP contribution in [-0.4, -0.2) is 80.1 Å². The molecule has 3 aromatic carbocycles. The Morgan fingerprint density at radius 3 is 2.51 bits per heavy atom. The number of ether oxygens (including phenoxy) is 1. The molecule has 1 aliphatic rings. The van der Waals surface area contributed by atoms with E-state index < -0.39 is 5.82 Å². The first-order chi connectivity index (χ1) is 21.9. The third-order valence-electron chi connectivity index (χ3n) is 8.48. The molecule has 0 aliphatic carbocycles. The lowest BCUT2D eigenvalue weighted by Gasteiger charge is -2.32. The number of halogens is 1. The second-order valence-corrected chi connectivity index (χ2v) is 11.7. The molecule has 0 unspecified atom stereocenters. The number of likely N-dealkylation sites (N-methyl/N-ethyl adjacent to an activating group) is 1. The van der Waals surface area contributed by atoms with Gasteiger partial charge in [-0.15, -0.1) is 0 Å². The summed E-state index contributed by atoms with van der Waals surface area (Å²) in [6.45, 7) is 9.57. The molecule has 6 aromatic rings. The van der Waals surface area contributed by atoms with Gasteiger partial charge in [-0.1, -0.05) is 30.3 Å². The van der Waals surface area contributed by atoms with Gasteiger partial charge in [0.2, 0.25) is 11.7 Å². The van der Waals surface area contributed by atoms with Crippen molar-refractivity contribution in [2.75, 3.05) is 51.7 Å². The quantitative estimate of drug-likeness (QED) is 0.240. The van der Waals surface area contributed by atoms with E-state index in [9.17, 15) is 4.79 Å². The zero-order valence-electron chi connectivity index (χ0n) is 25.6. The van der Waals surface area contributed by atoms with E-state index in [4.69, 9.17) is 14.7 Å². The summed E-state index contributed by atoms with van der Waals surface area (Å²) in [7, 11) is 2.14. The second kappa shape index (κ2) is 11.9. The lowest BCUT2D eigenvalue weighted by molar-refractivity contribution is 0.145. The minimum absolute atomic E-state index is 0.206. The summed E-state index contributed by atoms with van der Waals surface area (Å²) in [5.74, 6) is 0.416. The Labute approximate surface area is 259 Å². The Morgan fingerprint density at radius 2 is 1.73 bits per heavy atom. The summed E-state index contributed by atoms with van der Waals surface area (Å²) in [5, 5.41) is 3.43. The predicted octanol–water partition coefficient (Wildman–Crippen LogP) is 5.10. The van der Waals surface area contributed by atoms with Gasteiger partial charge in [-0.25, -0.2) is 18.9 Å². The molecule has 0 radical (unpaired) electrons. The van der Waals surface area contributed by atoms with Gasteiger partial charge in [0.05, 0.1) is 23.3 Å². The Balaban J connectivity index is 1.18. The van der Waals surface area contributed by atoms with E-state index in [1.807, 2.05) is 60.7 Å². The first-order valence-corrected chi connectivity index (χ1v) is 15.2. The monoisotopic (exact) mass is 606 g/mol. The molecule has 11 heteroatoms. The number of para-hydroxylation sites is 3. The average molecular weight is 607 g/mol. The van der Waals surface area contributed by atoms with E-state index in [0.29, 0.717) is 29.1 Å². The van der Waals surface area contributed by atoms with Crippen molar-refractivity contribution in [1.29, 1.82) is 0 Å². The van der Waals surface area contributed by atoms with Crippen molar-refractivity contribution in [3.63, 3.8) is 0 Å². The van der Waals surface area contributed by atoms with Gasteiger partial charge in [0, 0.05) is 50.7 Å². The minimum atomic E-state index is -0.472. The molecule has 4 heterocycles. The number of benzene rings is 3. The van der Waals surface area contributed by atoms with Crippen LogP contribution in [0.2, 0.25) is 0 Å². The molecule has 0 atom stereocenters. The number of hydrogen-bond donors (Lipinski definition) is 1. The van der Waals surface area contributed by atoms with E-state index in [1.165, 1.54) is 12.3 Å². The van der Waals surface area contributed by atoms with Gasteiger partial charge in [0.15, 0.2) is 17.2 Å². The van der Waals surface area contributed by atoms with Crippen molar-refractivity contribution in [2.24, 2.45) is 0 Å². The number of aryl methyl sites for hydroxylation is 2. The van der Waals surface area contributed by atoms with Crippen LogP contribution in [0.3, 0.4) is 0 Å². The highest BCUT2D eigenvalue weighted by Gasteiger charge is 2.21. The van der Waals surface area contributed by atoms with E-state index >= 15 is 4.39 Å². The molecule has 0 amide bonds. The standard InChI is InChI=1S/C34H35FN8O2/c1-22-8-6-9-23(2)30(22)43-32(44)25-21-36-33(39-31(25)42-28-11-5-4-10-27(28)38-34(42)43)37-24-12-13-29(26(35)20-24)45-19-7-14-41-17-15-40(3)16-18-41/h4-6,8-13,20-21H,7,14-19H2,1-3H3,(H,36,37,39). The van der Waals surface area contributed by atoms with Gasteiger partial charge in [0.25, 0.3) is 5.56 Å². The minimum Gasteiger partial charge on any atom is -0.490 e. The number of nitrogens with one attached hydrogen (secondary N) is 1. The highest BCUT2D eigenvalue weighted by Crippen LogP contribution is 2.27. The van der Waals surface area contributed by atoms with E-state index in [2.05, 4.69) is 27.1 Å².